The first-order chi connectivity index (χ1) is 12.7. The van der Waals surface area contributed by atoms with Crippen LogP contribution in [0.5, 0.6) is 0 Å². The van der Waals surface area contributed by atoms with Gasteiger partial charge in [-0.1, -0.05) is 13.0 Å². The molecule has 5 unspecified atom stereocenters. The molecule has 0 spiro atoms. The van der Waals surface area contributed by atoms with Crippen molar-refractivity contribution < 1.29 is 9.21 Å². The average molecular weight is 388 g/mol. The molecule has 0 aromatic carbocycles. The van der Waals surface area contributed by atoms with Gasteiger partial charge >= 0.3 is 0 Å². The molecular formula is C21H26ClN3O2. The minimum absolute atomic E-state index is 0. The van der Waals surface area contributed by atoms with Crippen molar-refractivity contribution in [2.75, 3.05) is 19.6 Å². The van der Waals surface area contributed by atoms with E-state index in [1.54, 1.807) is 6.20 Å². The average Bonchev–Trinajstić information content (AvgIpc) is 3.59. The Hall–Kier alpha value is -1.85. The van der Waals surface area contributed by atoms with Crippen LogP contribution in [-0.4, -0.2) is 35.4 Å². The van der Waals surface area contributed by atoms with Crippen LogP contribution in [0.2, 0.25) is 0 Å². The Labute approximate surface area is 165 Å². The van der Waals surface area contributed by atoms with Crippen molar-refractivity contribution in [2.45, 2.75) is 37.6 Å². The van der Waals surface area contributed by atoms with E-state index in [0.29, 0.717) is 5.92 Å². The van der Waals surface area contributed by atoms with E-state index in [-0.39, 0.29) is 36.2 Å². The lowest BCUT2D eigenvalue weighted by Crippen LogP contribution is -2.49. The number of nitrogens with zero attached hydrogens (tertiary/aromatic N) is 2. The minimum Gasteiger partial charge on any atom is -0.465 e. The number of piperazine rings is 1. The molecule has 5 nitrogen and oxygen atoms in total. The first kappa shape index (κ1) is 18.5. The van der Waals surface area contributed by atoms with Crippen molar-refractivity contribution in [3.05, 3.63) is 53.7 Å². The number of rotatable bonds is 4. The van der Waals surface area contributed by atoms with Crippen molar-refractivity contribution >= 4 is 18.3 Å². The van der Waals surface area contributed by atoms with Crippen LogP contribution in [0.25, 0.3) is 0 Å². The molecule has 2 saturated carbocycles. The van der Waals surface area contributed by atoms with Crippen LogP contribution in [-0.2, 0) is 4.79 Å². The Balaban J connectivity index is 0.00000180. The molecule has 144 valence electrons. The number of nitrogens with one attached hydrogen (secondary N) is 1. The Kier molecular flexibility index (Phi) is 4.99. The van der Waals surface area contributed by atoms with Gasteiger partial charge < -0.3 is 14.6 Å². The molecule has 27 heavy (non-hydrogen) atoms. The van der Waals surface area contributed by atoms with E-state index >= 15 is 0 Å². The third-order valence-corrected chi connectivity index (χ3v) is 6.19. The predicted molar refractivity (Wildman–Crippen MR) is 105 cm³/mol. The SMILES string of the molecule is CC1CC1c1ccc(C2CC2C(=O)N2CCNCC2c2cccnc2)o1.Cl. The summed E-state index contributed by atoms with van der Waals surface area (Å²) in [5, 5.41) is 3.41. The lowest BCUT2D eigenvalue weighted by Gasteiger charge is -2.36. The number of carbonyl (C=O) groups is 1. The van der Waals surface area contributed by atoms with Crippen LogP contribution in [0.3, 0.4) is 0 Å². The molecule has 2 aliphatic carbocycles. The monoisotopic (exact) mass is 387 g/mol. The number of pyridine rings is 1. The van der Waals surface area contributed by atoms with Crippen molar-refractivity contribution in [2.24, 2.45) is 11.8 Å². The van der Waals surface area contributed by atoms with E-state index < -0.39 is 0 Å². The third-order valence-electron chi connectivity index (χ3n) is 6.19. The van der Waals surface area contributed by atoms with Crippen LogP contribution in [0, 0.1) is 11.8 Å². The van der Waals surface area contributed by atoms with E-state index in [1.807, 2.05) is 17.2 Å². The van der Waals surface area contributed by atoms with Gasteiger partial charge in [0.05, 0.1) is 6.04 Å². The Morgan fingerprint density at radius 2 is 2.00 bits per heavy atom. The van der Waals surface area contributed by atoms with Gasteiger partial charge in [0.2, 0.25) is 5.91 Å². The molecule has 2 aromatic heterocycles. The minimum atomic E-state index is 0. The molecule has 0 radical (unpaired) electrons. The van der Waals surface area contributed by atoms with Gasteiger partial charge in [0, 0.05) is 49.8 Å². The zero-order chi connectivity index (χ0) is 17.7. The van der Waals surface area contributed by atoms with Crippen LogP contribution >= 0.6 is 12.4 Å². The fourth-order valence-electron chi connectivity index (χ4n) is 4.32. The van der Waals surface area contributed by atoms with Crippen molar-refractivity contribution in [3.63, 3.8) is 0 Å². The molecule has 0 bridgehead atoms. The second-order valence-corrected chi connectivity index (χ2v) is 8.05. The maximum atomic E-state index is 13.2. The van der Waals surface area contributed by atoms with E-state index in [0.717, 1.165) is 49.1 Å². The normalized spacial score (nSPS) is 31.9. The smallest absolute Gasteiger partial charge is 0.227 e. The van der Waals surface area contributed by atoms with Gasteiger partial charge in [-0.2, -0.15) is 0 Å². The van der Waals surface area contributed by atoms with Gasteiger partial charge in [-0.3, -0.25) is 9.78 Å². The van der Waals surface area contributed by atoms with Crippen LogP contribution in [0.4, 0.5) is 0 Å². The van der Waals surface area contributed by atoms with E-state index in [4.69, 9.17) is 4.42 Å². The van der Waals surface area contributed by atoms with E-state index in [1.165, 1.54) is 6.42 Å². The van der Waals surface area contributed by atoms with Crippen LogP contribution < -0.4 is 5.32 Å². The second kappa shape index (κ2) is 7.28. The predicted octanol–water partition coefficient (Wildman–Crippen LogP) is 3.50. The first-order valence-corrected chi connectivity index (χ1v) is 9.73. The Morgan fingerprint density at radius 1 is 1.22 bits per heavy atom. The van der Waals surface area contributed by atoms with Gasteiger partial charge in [-0.15, -0.1) is 12.4 Å². The highest BCUT2D eigenvalue weighted by Crippen LogP contribution is 2.52. The number of amides is 1. The summed E-state index contributed by atoms with van der Waals surface area (Å²) in [4.78, 5) is 19.4. The largest absolute Gasteiger partial charge is 0.465 e. The first-order valence-electron chi connectivity index (χ1n) is 9.73. The molecule has 5 atom stereocenters. The lowest BCUT2D eigenvalue weighted by molar-refractivity contribution is -0.136. The number of halogens is 1. The van der Waals surface area contributed by atoms with Gasteiger partial charge in [0.25, 0.3) is 0 Å². The maximum Gasteiger partial charge on any atom is 0.227 e. The summed E-state index contributed by atoms with van der Waals surface area (Å²) in [6.07, 6.45) is 5.79. The summed E-state index contributed by atoms with van der Waals surface area (Å²) in [7, 11) is 0. The zero-order valence-corrected chi connectivity index (χ0v) is 16.3. The molecule has 3 heterocycles. The number of aromatic nitrogens is 1. The third kappa shape index (κ3) is 3.50. The van der Waals surface area contributed by atoms with Gasteiger partial charge in [0.15, 0.2) is 0 Å². The maximum absolute atomic E-state index is 13.2. The molecule has 3 fully saturated rings. The highest BCUT2D eigenvalue weighted by Gasteiger charge is 2.49. The highest BCUT2D eigenvalue weighted by molar-refractivity contribution is 5.85. The molecular weight excluding hydrogens is 362 g/mol. The summed E-state index contributed by atoms with van der Waals surface area (Å²) >= 11 is 0. The topological polar surface area (TPSA) is 58.4 Å². The molecule has 1 aliphatic heterocycles. The fourth-order valence-corrected chi connectivity index (χ4v) is 4.32. The Morgan fingerprint density at radius 3 is 2.70 bits per heavy atom. The summed E-state index contributed by atoms with van der Waals surface area (Å²) in [6, 6.07) is 8.29. The van der Waals surface area contributed by atoms with Gasteiger partial charge in [-0.05, 0) is 42.5 Å². The number of carbonyl (C=O) groups excluding carboxylic acids is 1. The number of furan rings is 1. The Bertz CT molecular complexity index is 809. The molecule has 5 rings (SSSR count). The second-order valence-electron chi connectivity index (χ2n) is 8.05. The van der Waals surface area contributed by atoms with Crippen molar-refractivity contribution in [3.8, 4) is 0 Å². The van der Waals surface area contributed by atoms with E-state index in [9.17, 15) is 4.79 Å². The van der Waals surface area contributed by atoms with Gasteiger partial charge in [0.1, 0.15) is 11.5 Å². The molecule has 1 saturated heterocycles. The fraction of sp³-hybridized carbons (Fsp3) is 0.524. The molecule has 1 N–H and O–H groups in total. The quantitative estimate of drug-likeness (QED) is 0.872. The summed E-state index contributed by atoms with van der Waals surface area (Å²) in [5.74, 6) is 4.05. The molecule has 2 aromatic rings. The van der Waals surface area contributed by atoms with E-state index in [2.05, 4.69) is 35.4 Å². The molecule has 6 heteroatoms. The van der Waals surface area contributed by atoms with Crippen molar-refractivity contribution in [1.82, 2.24) is 15.2 Å². The highest BCUT2D eigenvalue weighted by atomic mass is 35.5. The van der Waals surface area contributed by atoms with Gasteiger partial charge in [-0.25, -0.2) is 0 Å². The van der Waals surface area contributed by atoms with Crippen LogP contribution in [0.15, 0.2) is 41.1 Å². The molecule has 3 aliphatic rings. The summed E-state index contributed by atoms with van der Waals surface area (Å²) in [6.45, 7) is 4.66. The standard InChI is InChI=1S/C21H25N3O2.ClH/c1-13-9-15(13)19-4-5-20(26-19)16-10-17(16)21(25)24-8-7-23-12-18(24)14-3-2-6-22-11-14;/h2-6,11,13,15-18,23H,7-10,12H2,1H3;1H. The zero-order valence-electron chi connectivity index (χ0n) is 15.5. The summed E-state index contributed by atoms with van der Waals surface area (Å²) < 4.78 is 6.09. The number of hydrogen-bond acceptors (Lipinski definition) is 4. The van der Waals surface area contributed by atoms with Crippen LogP contribution in [0.1, 0.15) is 54.7 Å². The lowest BCUT2D eigenvalue weighted by atomic mass is 10.0. The summed E-state index contributed by atoms with van der Waals surface area (Å²) in [5.41, 5.74) is 1.10. The number of hydrogen-bond donors (Lipinski definition) is 1. The molecule has 1 amide bonds. The van der Waals surface area contributed by atoms with Crippen molar-refractivity contribution in [1.29, 1.82) is 0 Å².